The van der Waals surface area contributed by atoms with E-state index in [1.165, 1.54) is 10.8 Å². The molecule has 0 radical (unpaired) electrons. The summed E-state index contributed by atoms with van der Waals surface area (Å²) in [4.78, 5) is 18.0. The van der Waals surface area contributed by atoms with Crippen molar-refractivity contribution in [3.8, 4) is 0 Å². The number of aromatic amines is 1. The van der Waals surface area contributed by atoms with Gasteiger partial charge in [0.25, 0.3) is 5.91 Å². The number of hydrogen-bond donors (Lipinski definition) is 1. The molecule has 9 heteroatoms. The van der Waals surface area contributed by atoms with E-state index in [9.17, 15) is 18.0 Å². The van der Waals surface area contributed by atoms with Crippen LogP contribution in [0.25, 0.3) is 0 Å². The van der Waals surface area contributed by atoms with Gasteiger partial charge in [0.1, 0.15) is 5.82 Å². The molecule has 1 atom stereocenters. The molecule has 130 valence electrons. The number of alkyl halides is 3. The highest BCUT2D eigenvalue weighted by Gasteiger charge is 2.36. The summed E-state index contributed by atoms with van der Waals surface area (Å²) in [6.45, 7) is 2.69. The third-order valence-corrected chi connectivity index (χ3v) is 4.34. The highest BCUT2D eigenvalue weighted by atomic mass is 19.4. The first-order valence-corrected chi connectivity index (χ1v) is 7.67. The second-order valence-corrected chi connectivity index (χ2v) is 6.09. The zero-order chi connectivity index (χ0) is 17.5. The maximum absolute atomic E-state index is 12.8. The number of imidazole rings is 1. The van der Waals surface area contributed by atoms with Crippen LogP contribution in [0.2, 0.25) is 0 Å². The minimum Gasteiger partial charge on any atom is -0.338 e. The lowest BCUT2D eigenvalue weighted by atomic mass is 9.96. The zero-order valence-electron chi connectivity index (χ0n) is 13.4. The third-order valence-electron chi connectivity index (χ3n) is 4.34. The summed E-state index contributed by atoms with van der Waals surface area (Å²) in [5.41, 5.74) is 0.277. The SMILES string of the molecule is Cc1[nH]ncc1C(=O)N1CCCC(c2nc(C(F)(F)F)cn2C)C1. The first-order chi connectivity index (χ1) is 11.3. The highest BCUT2D eigenvalue weighted by Crippen LogP contribution is 2.32. The molecule has 24 heavy (non-hydrogen) atoms. The Labute approximate surface area is 136 Å². The van der Waals surface area contributed by atoms with Crippen molar-refractivity contribution < 1.29 is 18.0 Å². The van der Waals surface area contributed by atoms with Crippen molar-refractivity contribution in [1.82, 2.24) is 24.6 Å². The van der Waals surface area contributed by atoms with Crippen molar-refractivity contribution in [2.24, 2.45) is 7.05 Å². The molecule has 6 nitrogen and oxygen atoms in total. The van der Waals surface area contributed by atoms with Crippen molar-refractivity contribution in [2.75, 3.05) is 13.1 Å². The molecule has 3 rings (SSSR count). The molecule has 0 saturated carbocycles. The number of aryl methyl sites for hydroxylation is 2. The molecule has 1 aliphatic rings. The lowest BCUT2D eigenvalue weighted by Crippen LogP contribution is -2.39. The van der Waals surface area contributed by atoms with Gasteiger partial charge < -0.3 is 9.47 Å². The van der Waals surface area contributed by atoms with Gasteiger partial charge in [-0.3, -0.25) is 9.89 Å². The van der Waals surface area contributed by atoms with E-state index >= 15 is 0 Å². The van der Waals surface area contributed by atoms with E-state index in [4.69, 9.17) is 0 Å². The van der Waals surface area contributed by atoms with Gasteiger partial charge in [-0.15, -0.1) is 0 Å². The Morgan fingerprint density at radius 3 is 2.75 bits per heavy atom. The number of rotatable bonds is 2. The maximum atomic E-state index is 12.8. The molecule has 0 spiro atoms. The average molecular weight is 341 g/mol. The van der Waals surface area contributed by atoms with Gasteiger partial charge in [-0.2, -0.15) is 18.3 Å². The molecular weight excluding hydrogens is 323 g/mol. The number of hydrogen-bond acceptors (Lipinski definition) is 3. The molecule has 1 amide bonds. The summed E-state index contributed by atoms with van der Waals surface area (Å²) in [7, 11) is 1.55. The first-order valence-electron chi connectivity index (χ1n) is 7.67. The van der Waals surface area contributed by atoms with Crippen molar-refractivity contribution in [3.05, 3.63) is 35.2 Å². The van der Waals surface area contributed by atoms with Crippen LogP contribution in [-0.4, -0.2) is 43.6 Å². The lowest BCUT2D eigenvalue weighted by Gasteiger charge is -2.32. The van der Waals surface area contributed by atoms with Gasteiger partial charge in [-0.05, 0) is 19.8 Å². The standard InChI is InChI=1S/C15H18F3N5O/c1-9-11(6-19-21-9)14(24)23-5-3-4-10(7-23)13-20-12(8-22(13)2)15(16,17)18/h6,8,10H,3-5,7H2,1-2H3,(H,19,21). The molecule has 0 aliphatic carbocycles. The van der Waals surface area contributed by atoms with Gasteiger partial charge in [-0.25, -0.2) is 4.98 Å². The number of nitrogens with zero attached hydrogens (tertiary/aromatic N) is 4. The number of halogens is 3. The molecule has 2 aromatic rings. The predicted octanol–water partition coefficient (Wildman–Crippen LogP) is 2.49. The minimum atomic E-state index is -4.46. The minimum absolute atomic E-state index is 0.156. The third kappa shape index (κ3) is 3.02. The number of aromatic nitrogens is 4. The van der Waals surface area contributed by atoms with Crippen LogP contribution in [0, 0.1) is 6.92 Å². The molecule has 3 heterocycles. The van der Waals surface area contributed by atoms with Crippen LogP contribution in [0.1, 0.15) is 46.3 Å². The van der Waals surface area contributed by atoms with Crippen molar-refractivity contribution in [3.63, 3.8) is 0 Å². The molecule has 1 aliphatic heterocycles. The highest BCUT2D eigenvalue weighted by molar-refractivity contribution is 5.95. The molecular formula is C15H18F3N5O. The van der Waals surface area contributed by atoms with E-state index in [-0.39, 0.29) is 11.8 Å². The molecule has 0 aromatic carbocycles. The fraction of sp³-hybridized carbons (Fsp3) is 0.533. The molecule has 1 saturated heterocycles. The summed E-state index contributed by atoms with van der Waals surface area (Å²) in [5.74, 6) is -0.00375. The Morgan fingerprint density at radius 1 is 1.42 bits per heavy atom. The monoisotopic (exact) mass is 341 g/mol. The van der Waals surface area contributed by atoms with Crippen molar-refractivity contribution in [2.45, 2.75) is 31.9 Å². The van der Waals surface area contributed by atoms with Gasteiger partial charge in [0.2, 0.25) is 0 Å². The first kappa shape index (κ1) is 16.5. The van der Waals surface area contributed by atoms with Gasteiger partial charge in [0.15, 0.2) is 5.69 Å². The van der Waals surface area contributed by atoms with Gasteiger partial charge in [-0.1, -0.05) is 0 Å². The largest absolute Gasteiger partial charge is 0.434 e. The summed E-state index contributed by atoms with van der Waals surface area (Å²) in [6, 6.07) is 0. The summed E-state index contributed by atoms with van der Waals surface area (Å²) < 4.78 is 39.9. The lowest BCUT2D eigenvalue weighted by molar-refractivity contribution is -0.141. The number of piperidine rings is 1. The molecule has 1 fully saturated rings. The number of H-pyrrole nitrogens is 1. The van der Waals surface area contributed by atoms with Crippen molar-refractivity contribution >= 4 is 5.91 Å². The number of likely N-dealkylation sites (tertiary alicyclic amines) is 1. The van der Waals surface area contributed by atoms with Gasteiger partial charge in [0, 0.05) is 37.9 Å². The second-order valence-electron chi connectivity index (χ2n) is 6.09. The van der Waals surface area contributed by atoms with E-state index in [1.807, 2.05) is 0 Å². The average Bonchev–Trinajstić information content (AvgIpc) is 3.12. The maximum Gasteiger partial charge on any atom is 0.434 e. The van der Waals surface area contributed by atoms with Gasteiger partial charge >= 0.3 is 6.18 Å². The number of carbonyl (C=O) groups excluding carboxylic acids is 1. The van der Waals surface area contributed by atoms with Crippen LogP contribution in [0.4, 0.5) is 13.2 Å². The van der Waals surface area contributed by atoms with Crippen LogP contribution in [0.5, 0.6) is 0 Å². The predicted molar refractivity (Wildman–Crippen MR) is 79.4 cm³/mol. The summed E-state index contributed by atoms with van der Waals surface area (Å²) in [6.07, 6.45) is -0.563. The smallest absolute Gasteiger partial charge is 0.338 e. The molecule has 2 aromatic heterocycles. The summed E-state index contributed by atoms with van der Waals surface area (Å²) in [5, 5.41) is 6.57. The van der Waals surface area contributed by atoms with Crippen LogP contribution in [-0.2, 0) is 13.2 Å². The number of carbonyl (C=O) groups is 1. The van der Waals surface area contributed by atoms with Crippen LogP contribution in [0.3, 0.4) is 0 Å². The zero-order valence-corrected chi connectivity index (χ0v) is 13.4. The molecule has 0 bridgehead atoms. The van der Waals surface area contributed by atoms with E-state index < -0.39 is 11.9 Å². The van der Waals surface area contributed by atoms with Gasteiger partial charge in [0.05, 0.1) is 11.8 Å². The van der Waals surface area contributed by atoms with Crippen LogP contribution >= 0.6 is 0 Å². The summed E-state index contributed by atoms with van der Waals surface area (Å²) >= 11 is 0. The number of amides is 1. The van der Waals surface area contributed by atoms with E-state index in [0.29, 0.717) is 36.6 Å². The Kier molecular flexibility index (Phi) is 4.10. The van der Waals surface area contributed by atoms with Crippen LogP contribution in [0.15, 0.2) is 12.4 Å². The second kappa shape index (κ2) is 5.95. The normalized spacial score (nSPS) is 18.9. The molecule has 1 N–H and O–H groups in total. The fourth-order valence-electron chi connectivity index (χ4n) is 3.11. The Bertz CT molecular complexity index is 749. The molecule has 1 unspecified atom stereocenters. The van der Waals surface area contributed by atoms with Crippen LogP contribution < -0.4 is 0 Å². The quantitative estimate of drug-likeness (QED) is 0.913. The van der Waals surface area contributed by atoms with Crippen molar-refractivity contribution in [1.29, 1.82) is 0 Å². The Balaban J connectivity index is 1.80. The fourth-order valence-corrected chi connectivity index (χ4v) is 3.11. The Morgan fingerprint density at radius 2 is 2.17 bits per heavy atom. The van der Waals surface area contributed by atoms with E-state index in [0.717, 1.165) is 12.6 Å². The van der Waals surface area contributed by atoms with E-state index in [2.05, 4.69) is 15.2 Å². The topological polar surface area (TPSA) is 66.8 Å². The van der Waals surface area contributed by atoms with E-state index in [1.54, 1.807) is 18.9 Å². The Hall–Kier alpha value is -2.32. The number of nitrogens with one attached hydrogen (secondary N) is 1.